The van der Waals surface area contributed by atoms with Gasteiger partial charge in [0.2, 0.25) is 0 Å². The van der Waals surface area contributed by atoms with Gasteiger partial charge in [-0.1, -0.05) is 42.5 Å². The highest BCUT2D eigenvalue weighted by Gasteiger charge is 2.06. The lowest BCUT2D eigenvalue weighted by molar-refractivity contribution is -0.123. The van der Waals surface area contributed by atoms with Gasteiger partial charge in [-0.25, -0.2) is 5.43 Å². The number of benzene rings is 3. The zero-order valence-corrected chi connectivity index (χ0v) is 17.0. The summed E-state index contributed by atoms with van der Waals surface area (Å²) in [5, 5.41) is 3.97. The Bertz CT molecular complexity index is 1000. The molecule has 0 bridgehead atoms. The number of hydrogen-bond acceptors (Lipinski definition) is 5. The Morgan fingerprint density at radius 3 is 2.57 bits per heavy atom. The Morgan fingerprint density at radius 1 is 0.967 bits per heavy atom. The third kappa shape index (κ3) is 6.38. The second-order valence-electron chi connectivity index (χ2n) is 6.58. The topological polar surface area (TPSA) is 69.2 Å². The molecule has 0 aliphatic heterocycles. The number of aryl methyl sites for hydroxylation is 1. The molecule has 1 amide bonds. The van der Waals surface area contributed by atoms with Gasteiger partial charge in [-0.15, -0.1) is 0 Å². The van der Waals surface area contributed by atoms with Crippen LogP contribution in [0.25, 0.3) is 0 Å². The van der Waals surface area contributed by atoms with E-state index in [9.17, 15) is 4.79 Å². The van der Waals surface area contributed by atoms with Crippen LogP contribution >= 0.6 is 0 Å². The standard InChI is InChI=1S/C24H24N2O4/c1-18-7-6-10-21(13-18)29-17-24(27)26-25-15-20-11-12-22(23(14-20)28-2)30-16-19-8-4-3-5-9-19/h3-15H,16-17H2,1-2H3,(H,26,27)/b25-15+. The summed E-state index contributed by atoms with van der Waals surface area (Å²) in [6.45, 7) is 2.29. The van der Waals surface area contributed by atoms with Gasteiger partial charge in [-0.2, -0.15) is 5.10 Å². The number of ether oxygens (including phenoxy) is 3. The second kappa shape index (κ2) is 10.7. The van der Waals surface area contributed by atoms with Crippen molar-refractivity contribution < 1.29 is 19.0 Å². The molecule has 6 nitrogen and oxygen atoms in total. The van der Waals surface area contributed by atoms with Crippen molar-refractivity contribution in [3.05, 3.63) is 89.5 Å². The fraction of sp³-hybridized carbons (Fsp3) is 0.167. The fourth-order valence-corrected chi connectivity index (χ4v) is 2.68. The molecule has 0 fully saturated rings. The minimum atomic E-state index is -0.345. The third-order valence-corrected chi connectivity index (χ3v) is 4.19. The molecule has 3 aromatic rings. The Kier molecular flexibility index (Phi) is 7.44. The molecule has 0 atom stereocenters. The predicted octanol–water partition coefficient (Wildman–Crippen LogP) is 4.11. The van der Waals surface area contributed by atoms with Crippen molar-refractivity contribution in [2.45, 2.75) is 13.5 Å². The Morgan fingerprint density at radius 2 is 1.80 bits per heavy atom. The summed E-state index contributed by atoms with van der Waals surface area (Å²) in [5.74, 6) is 1.52. The minimum absolute atomic E-state index is 0.115. The summed E-state index contributed by atoms with van der Waals surface area (Å²) in [4.78, 5) is 11.9. The molecule has 0 aliphatic carbocycles. The molecule has 0 saturated heterocycles. The number of amides is 1. The highest BCUT2D eigenvalue weighted by molar-refractivity contribution is 5.83. The summed E-state index contributed by atoms with van der Waals surface area (Å²) in [6.07, 6.45) is 1.54. The van der Waals surface area contributed by atoms with E-state index in [1.165, 1.54) is 6.21 Å². The van der Waals surface area contributed by atoms with Crippen LogP contribution in [0.2, 0.25) is 0 Å². The lowest BCUT2D eigenvalue weighted by Crippen LogP contribution is -2.24. The number of rotatable bonds is 9. The lowest BCUT2D eigenvalue weighted by Gasteiger charge is -2.11. The van der Waals surface area contributed by atoms with Gasteiger partial charge in [0, 0.05) is 0 Å². The van der Waals surface area contributed by atoms with Crippen LogP contribution < -0.4 is 19.6 Å². The lowest BCUT2D eigenvalue weighted by atomic mass is 10.2. The van der Waals surface area contributed by atoms with E-state index in [4.69, 9.17) is 14.2 Å². The normalized spacial score (nSPS) is 10.6. The maximum absolute atomic E-state index is 11.9. The molecule has 0 aliphatic rings. The summed E-state index contributed by atoms with van der Waals surface area (Å²) in [6, 6.07) is 22.8. The highest BCUT2D eigenvalue weighted by Crippen LogP contribution is 2.28. The Labute approximate surface area is 176 Å². The first-order valence-corrected chi connectivity index (χ1v) is 9.50. The van der Waals surface area contributed by atoms with Crippen LogP contribution in [-0.4, -0.2) is 25.8 Å². The number of hydrazone groups is 1. The van der Waals surface area contributed by atoms with E-state index < -0.39 is 0 Å². The molecule has 0 heterocycles. The van der Waals surface area contributed by atoms with Gasteiger partial charge in [-0.3, -0.25) is 4.79 Å². The van der Waals surface area contributed by atoms with Crippen molar-refractivity contribution in [1.29, 1.82) is 0 Å². The summed E-state index contributed by atoms with van der Waals surface area (Å²) in [5.41, 5.74) is 5.35. The zero-order chi connectivity index (χ0) is 21.2. The molecule has 0 aromatic heterocycles. The molecular formula is C24H24N2O4. The minimum Gasteiger partial charge on any atom is -0.493 e. The van der Waals surface area contributed by atoms with Crippen LogP contribution in [0.3, 0.4) is 0 Å². The van der Waals surface area contributed by atoms with E-state index in [2.05, 4.69) is 10.5 Å². The first-order valence-electron chi connectivity index (χ1n) is 9.50. The average molecular weight is 404 g/mol. The predicted molar refractivity (Wildman–Crippen MR) is 116 cm³/mol. The molecular weight excluding hydrogens is 380 g/mol. The van der Waals surface area contributed by atoms with Gasteiger partial charge >= 0.3 is 0 Å². The van der Waals surface area contributed by atoms with Crippen molar-refractivity contribution in [1.82, 2.24) is 5.43 Å². The van der Waals surface area contributed by atoms with E-state index in [1.807, 2.05) is 67.6 Å². The van der Waals surface area contributed by atoms with E-state index in [-0.39, 0.29) is 12.5 Å². The Hall–Kier alpha value is -3.80. The van der Waals surface area contributed by atoms with Crippen molar-refractivity contribution in [2.75, 3.05) is 13.7 Å². The maximum Gasteiger partial charge on any atom is 0.277 e. The van der Waals surface area contributed by atoms with Crippen molar-refractivity contribution in [3.63, 3.8) is 0 Å². The molecule has 154 valence electrons. The molecule has 3 aromatic carbocycles. The first-order chi connectivity index (χ1) is 14.6. The fourth-order valence-electron chi connectivity index (χ4n) is 2.68. The van der Waals surface area contributed by atoms with Crippen LogP contribution in [0.15, 0.2) is 77.9 Å². The largest absolute Gasteiger partial charge is 0.493 e. The second-order valence-corrected chi connectivity index (χ2v) is 6.58. The van der Waals surface area contributed by atoms with Crippen molar-refractivity contribution >= 4 is 12.1 Å². The molecule has 0 spiro atoms. The number of methoxy groups -OCH3 is 1. The highest BCUT2D eigenvalue weighted by atomic mass is 16.5. The third-order valence-electron chi connectivity index (χ3n) is 4.19. The number of hydrogen-bond donors (Lipinski definition) is 1. The monoisotopic (exact) mass is 404 g/mol. The van der Waals surface area contributed by atoms with Crippen LogP contribution in [-0.2, 0) is 11.4 Å². The SMILES string of the molecule is COc1cc(/C=N/NC(=O)COc2cccc(C)c2)ccc1OCc1ccccc1. The van der Waals surface area contributed by atoms with E-state index >= 15 is 0 Å². The average Bonchev–Trinajstić information content (AvgIpc) is 2.77. The Balaban J connectivity index is 1.51. The number of nitrogens with zero attached hydrogens (tertiary/aromatic N) is 1. The van der Waals surface area contributed by atoms with Crippen LogP contribution in [0.1, 0.15) is 16.7 Å². The molecule has 1 N–H and O–H groups in total. The number of nitrogens with one attached hydrogen (secondary N) is 1. The van der Waals surface area contributed by atoms with E-state index in [0.717, 1.165) is 16.7 Å². The molecule has 0 radical (unpaired) electrons. The van der Waals surface area contributed by atoms with Crippen molar-refractivity contribution in [3.8, 4) is 17.2 Å². The van der Waals surface area contributed by atoms with Gasteiger partial charge < -0.3 is 14.2 Å². The molecule has 3 rings (SSSR count). The van der Waals surface area contributed by atoms with E-state index in [0.29, 0.717) is 23.9 Å². The van der Waals surface area contributed by atoms with Crippen LogP contribution in [0.4, 0.5) is 0 Å². The molecule has 0 unspecified atom stereocenters. The zero-order valence-electron chi connectivity index (χ0n) is 17.0. The quantitative estimate of drug-likeness (QED) is 0.430. The van der Waals surface area contributed by atoms with Gasteiger partial charge in [-0.05, 0) is 53.9 Å². The summed E-state index contributed by atoms with van der Waals surface area (Å²) >= 11 is 0. The van der Waals surface area contributed by atoms with Crippen molar-refractivity contribution in [2.24, 2.45) is 5.10 Å². The van der Waals surface area contributed by atoms with E-state index in [1.54, 1.807) is 19.2 Å². The summed E-state index contributed by atoms with van der Waals surface area (Å²) in [7, 11) is 1.58. The van der Waals surface area contributed by atoms with Gasteiger partial charge in [0.05, 0.1) is 13.3 Å². The maximum atomic E-state index is 11.9. The molecule has 0 saturated carbocycles. The van der Waals surface area contributed by atoms with Gasteiger partial charge in [0.25, 0.3) is 5.91 Å². The van der Waals surface area contributed by atoms with Gasteiger partial charge in [0.15, 0.2) is 18.1 Å². The summed E-state index contributed by atoms with van der Waals surface area (Å²) < 4.78 is 16.7. The number of carbonyl (C=O) groups excluding carboxylic acids is 1. The first kappa shape index (κ1) is 20.9. The van der Waals surface area contributed by atoms with Gasteiger partial charge in [0.1, 0.15) is 12.4 Å². The number of carbonyl (C=O) groups is 1. The molecule has 6 heteroatoms. The smallest absolute Gasteiger partial charge is 0.277 e. The van der Waals surface area contributed by atoms with Crippen LogP contribution in [0, 0.1) is 6.92 Å². The van der Waals surface area contributed by atoms with Crippen LogP contribution in [0.5, 0.6) is 17.2 Å². The molecule has 30 heavy (non-hydrogen) atoms.